The molecular weight excluding hydrogens is 228 g/mol. The van der Waals surface area contributed by atoms with Crippen LogP contribution in [0, 0.1) is 0 Å². The van der Waals surface area contributed by atoms with Gasteiger partial charge in [-0.15, -0.1) is 0 Å². The molecule has 1 aliphatic carbocycles. The van der Waals surface area contributed by atoms with Crippen LogP contribution in [0.5, 0.6) is 0 Å². The molecule has 1 saturated carbocycles. The molecule has 0 aromatic carbocycles. The normalized spacial score (nSPS) is 19.1. The van der Waals surface area contributed by atoms with Crippen molar-refractivity contribution in [1.82, 2.24) is 10.3 Å². The second kappa shape index (κ2) is 6.41. The standard InChI is InChI=1S/C14H22N2S/c1-17-14(7-3-2-4-8-14)12-16-11-13-6-5-9-15-10-13/h5-6,9-10,16H,2-4,7-8,11-12H2,1H3. The average Bonchev–Trinajstić information content (AvgIpc) is 2.41. The van der Waals surface area contributed by atoms with E-state index in [9.17, 15) is 0 Å². The van der Waals surface area contributed by atoms with E-state index in [4.69, 9.17) is 0 Å². The Bertz CT molecular complexity index is 320. The Hall–Kier alpha value is -0.540. The van der Waals surface area contributed by atoms with Crippen LogP contribution >= 0.6 is 11.8 Å². The molecule has 0 spiro atoms. The minimum Gasteiger partial charge on any atom is -0.311 e. The molecule has 0 aliphatic heterocycles. The molecular formula is C14H22N2S. The van der Waals surface area contributed by atoms with Crippen molar-refractivity contribution in [2.45, 2.75) is 43.4 Å². The Labute approximate surface area is 109 Å². The minimum absolute atomic E-state index is 0.487. The molecule has 1 heterocycles. The largest absolute Gasteiger partial charge is 0.311 e. The summed E-state index contributed by atoms with van der Waals surface area (Å²) >= 11 is 2.05. The maximum Gasteiger partial charge on any atom is 0.0312 e. The number of nitrogens with zero attached hydrogens (tertiary/aromatic N) is 1. The summed E-state index contributed by atoms with van der Waals surface area (Å²) in [5.74, 6) is 0. The second-order valence-corrected chi connectivity index (χ2v) is 6.19. The Balaban J connectivity index is 1.80. The third-order valence-corrected chi connectivity index (χ3v) is 5.12. The number of rotatable bonds is 5. The van der Waals surface area contributed by atoms with Gasteiger partial charge in [0, 0.05) is 30.2 Å². The summed E-state index contributed by atoms with van der Waals surface area (Å²) < 4.78 is 0.487. The van der Waals surface area contributed by atoms with E-state index in [2.05, 4.69) is 34.4 Å². The van der Waals surface area contributed by atoms with Crippen molar-refractivity contribution >= 4 is 11.8 Å². The number of hydrogen-bond donors (Lipinski definition) is 1. The van der Waals surface area contributed by atoms with Gasteiger partial charge in [0.05, 0.1) is 0 Å². The predicted molar refractivity (Wildman–Crippen MR) is 75.3 cm³/mol. The monoisotopic (exact) mass is 250 g/mol. The van der Waals surface area contributed by atoms with E-state index in [1.165, 1.54) is 37.7 Å². The summed E-state index contributed by atoms with van der Waals surface area (Å²) in [6, 6.07) is 4.13. The Kier molecular flexibility index (Phi) is 4.86. The smallest absolute Gasteiger partial charge is 0.0312 e. The lowest BCUT2D eigenvalue weighted by molar-refractivity contribution is 0.379. The van der Waals surface area contributed by atoms with E-state index in [0.29, 0.717) is 4.75 Å². The molecule has 17 heavy (non-hydrogen) atoms. The molecule has 0 amide bonds. The van der Waals surface area contributed by atoms with E-state index in [-0.39, 0.29) is 0 Å². The van der Waals surface area contributed by atoms with Crippen LogP contribution in [0.3, 0.4) is 0 Å². The van der Waals surface area contributed by atoms with Crippen molar-refractivity contribution < 1.29 is 0 Å². The van der Waals surface area contributed by atoms with Crippen molar-refractivity contribution in [3.8, 4) is 0 Å². The third-order valence-electron chi connectivity index (χ3n) is 3.70. The van der Waals surface area contributed by atoms with Crippen molar-refractivity contribution in [2.24, 2.45) is 0 Å². The highest BCUT2D eigenvalue weighted by Crippen LogP contribution is 2.37. The maximum absolute atomic E-state index is 4.14. The molecule has 3 heteroatoms. The van der Waals surface area contributed by atoms with Gasteiger partial charge in [-0.3, -0.25) is 4.98 Å². The van der Waals surface area contributed by atoms with E-state index < -0.39 is 0 Å². The third kappa shape index (κ3) is 3.71. The lowest BCUT2D eigenvalue weighted by atomic mass is 9.88. The number of thioether (sulfide) groups is 1. The van der Waals surface area contributed by atoms with Crippen molar-refractivity contribution in [1.29, 1.82) is 0 Å². The van der Waals surface area contributed by atoms with Gasteiger partial charge in [0.2, 0.25) is 0 Å². The van der Waals surface area contributed by atoms with Gasteiger partial charge in [-0.2, -0.15) is 11.8 Å². The highest BCUT2D eigenvalue weighted by Gasteiger charge is 2.30. The second-order valence-electron chi connectivity index (χ2n) is 4.91. The predicted octanol–water partition coefficient (Wildman–Crippen LogP) is 3.24. The van der Waals surface area contributed by atoms with E-state index in [1.807, 2.05) is 18.5 Å². The van der Waals surface area contributed by atoms with Crippen LogP contribution in [0.25, 0.3) is 0 Å². The van der Waals surface area contributed by atoms with Crippen LogP contribution in [0.2, 0.25) is 0 Å². The quantitative estimate of drug-likeness (QED) is 0.868. The van der Waals surface area contributed by atoms with Gasteiger partial charge in [-0.25, -0.2) is 0 Å². The van der Waals surface area contributed by atoms with Crippen LogP contribution in [0.15, 0.2) is 24.5 Å². The van der Waals surface area contributed by atoms with Crippen LogP contribution < -0.4 is 5.32 Å². The van der Waals surface area contributed by atoms with Crippen LogP contribution in [0.4, 0.5) is 0 Å². The molecule has 2 rings (SSSR count). The summed E-state index contributed by atoms with van der Waals surface area (Å²) in [7, 11) is 0. The summed E-state index contributed by atoms with van der Waals surface area (Å²) in [5.41, 5.74) is 1.28. The first kappa shape index (κ1) is 12.9. The molecule has 0 bridgehead atoms. The highest BCUT2D eigenvalue weighted by molar-refractivity contribution is 8.00. The Morgan fingerprint density at radius 2 is 2.18 bits per heavy atom. The molecule has 1 fully saturated rings. The summed E-state index contributed by atoms with van der Waals surface area (Å²) in [4.78, 5) is 4.14. The molecule has 1 N–H and O–H groups in total. The van der Waals surface area contributed by atoms with E-state index >= 15 is 0 Å². The van der Waals surface area contributed by atoms with Gasteiger partial charge in [0.15, 0.2) is 0 Å². The minimum atomic E-state index is 0.487. The molecule has 1 aromatic rings. The van der Waals surface area contributed by atoms with Gasteiger partial charge in [0.1, 0.15) is 0 Å². The molecule has 1 aliphatic rings. The zero-order chi connectivity index (χ0) is 12.0. The topological polar surface area (TPSA) is 24.9 Å². The summed E-state index contributed by atoms with van der Waals surface area (Å²) in [6.45, 7) is 2.07. The molecule has 1 aromatic heterocycles. The van der Waals surface area contributed by atoms with Gasteiger partial charge < -0.3 is 5.32 Å². The lowest BCUT2D eigenvalue weighted by Crippen LogP contribution is -2.39. The van der Waals surface area contributed by atoms with E-state index in [0.717, 1.165) is 13.1 Å². The zero-order valence-corrected chi connectivity index (χ0v) is 11.4. The SMILES string of the molecule is CSC1(CNCc2cccnc2)CCCCC1. The fourth-order valence-electron chi connectivity index (χ4n) is 2.59. The van der Waals surface area contributed by atoms with Gasteiger partial charge in [-0.05, 0) is 30.7 Å². The number of nitrogens with one attached hydrogen (secondary N) is 1. The van der Waals surface area contributed by atoms with E-state index in [1.54, 1.807) is 0 Å². The van der Waals surface area contributed by atoms with Crippen LogP contribution in [-0.4, -0.2) is 22.5 Å². The van der Waals surface area contributed by atoms with Crippen molar-refractivity contribution in [2.75, 3.05) is 12.8 Å². The number of hydrogen-bond acceptors (Lipinski definition) is 3. The fraction of sp³-hybridized carbons (Fsp3) is 0.643. The van der Waals surface area contributed by atoms with Crippen LogP contribution in [-0.2, 0) is 6.54 Å². The Morgan fingerprint density at radius 3 is 2.82 bits per heavy atom. The van der Waals surface area contributed by atoms with Gasteiger partial charge in [-0.1, -0.05) is 25.3 Å². The van der Waals surface area contributed by atoms with Gasteiger partial charge >= 0.3 is 0 Å². The lowest BCUT2D eigenvalue weighted by Gasteiger charge is -2.36. The Morgan fingerprint density at radius 1 is 1.35 bits per heavy atom. The zero-order valence-electron chi connectivity index (χ0n) is 10.6. The summed E-state index contributed by atoms with van der Waals surface area (Å²) in [6.07, 6.45) is 13.0. The molecule has 94 valence electrons. The maximum atomic E-state index is 4.14. The number of pyridine rings is 1. The fourth-order valence-corrected chi connectivity index (χ4v) is 3.53. The van der Waals surface area contributed by atoms with Crippen molar-refractivity contribution in [3.05, 3.63) is 30.1 Å². The molecule has 0 unspecified atom stereocenters. The average molecular weight is 250 g/mol. The first-order chi connectivity index (χ1) is 8.35. The highest BCUT2D eigenvalue weighted by atomic mass is 32.2. The van der Waals surface area contributed by atoms with Crippen molar-refractivity contribution in [3.63, 3.8) is 0 Å². The van der Waals surface area contributed by atoms with Crippen LogP contribution in [0.1, 0.15) is 37.7 Å². The first-order valence-electron chi connectivity index (χ1n) is 6.49. The molecule has 0 atom stereocenters. The summed E-state index contributed by atoms with van der Waals surface area (Å²) in [5, 5.41) is 3.60. The van der Waals surface area contributed by atoms with Gasteiger partial charge in [0.25, 0.3) is 0 Å². The number of aromatic nitrogens is 1. The molecule has 2 nitrogen and oxygen atoms in total. The molecule has 0 radical (unpaired) electrons. The first-order valence-corrected chi connectivity index (χ1v) is 7.72. The molecule has 0 saturated heterocycles.